The van der Waals surface area contributed by atoms with Gasteiger partial charge in [-0.05, 0) is 42.8 Å². The number of pyridine rings is 1. The SMILES string of the molecule is NCCc1ccc(N2C(=O)c3cccnc3C2=O)cc1. The number of benzene rings is 1. The first-order valence-electron chi connectivity index (χ1n) is 6.35. The van der Waals surface area contributed by atoms with E-state index in [1.165, 1.54) is 6.20 Å². The van der Waals surface area contributed by atoms with Gasteiger partial charge in [0.1, 0.15) is 5.69 Å². The summed E-state index contributed by atoms with van der Waals surface area (Å²) in [7, 11) is 0. The molecule has 5 nitrogen and oxygen atoms in total. The first kappa shape index (κ1) is 12.5. The lowest BCUT2D eigenvalue weighted by Gasteiger charge is -2.13. The molecule has 0 saturated heterocycles. The number of nitrogens with two attached hydrogens (primary N) is 1. The van der Waals surface area contributed by atoms with Crippen LogP contribution < -0.4 is 10.6 Å². The van der Waals surface area contributed by atoms with E-state index >= 15 is 0 Å². The van der Waals surface area contributed by atoms with E-state index in [0.29, 0.717) is 17.8 Å². The minimum absolute atomic E-state index is 0.212. The Morgan fingerprint density at radius 1 is 1.05 bits per heavy atom. The van der Waals surface area contributed by atoms with Crippen LogP contribution in [0.5, 0.6) is 0 Å². The average Bonchev–Trinajstić information content (AvgIpc) is 2.73. The van der Waals surface area contributed by atoms with E-state index in [9.17, 15) is 9.59 Å². The van der Waals surface area contributed by atoms with Crippen LogP contribution in [0.1, 0.15) is 26.4 Å². The molecule has 1 aliphatic heterocycles. The van der Waals surface area contributed by atoms with Gasteiger partial charge in [0.2, 0.25) is 0 Å². The van der Waals surface area contributed by atoms with Gasteiger partial charge < -0.3 is 5.73 Å². The summed E-state index contributed by atoms with van der Waals surface area (Å²) in [5.41, 5.74) is 7.69. The van der Waals surface area contributed by atoms with Crippen molar-refractivity contribution in [1.82, 2.24) is 4.98 Å². The largest absolute Gasteiger partial charge is 0.330 e. The van der Waals surface area contributed by atoms with Crippen molar-refractivity contribution >= 4 is 17.5 Å². The van der Waals surface area contributed by atoms with Gasteiger partial charge in [-0.25, -0.2) is 4.90 Å². The van der Waals surface area contributed by atoms with Gasteiger partial charge in [-0.3, -0.25) is 14.6 Å². The van der Waals surface area contributed by atoms with Crippen molar-refractivity contribution in [1.29, 1.82) is 0 Å². The number of hydrogen-bond acceptors (Lipinski definition) is 4. The molecule has 0 fully saturated rings. The third kappa shape index (κ3) is 1.88. The Labute approximate surface area is 116 Å². The molecule has 1 aromatic heterocycles. The van der Waals surface area contributed by atoms with E-state index in [1.54, 1.807) is 24.3 Å². The lowest BCUT2D eigenvalue weighted by atomic mass is 10.1. The topological polar surface area (TPSA) is 76.3 Å². The number of anilines is 1. The Balaban J connectivity index is 1.96. The molecule has 2 aromatic rings. The molecule has 0 atom stereocenters. The minimum atomic E-state index is -0.378. The molecule has 2 heterocycles. The Morgan fingerprint density at radius 2 is 1.80 bits per heavy atom. The Bertz CT molecular complexity index is 645. The van der Waals surface area contributed by atoms with Crippen LogP contribution in [0.4, 0.5) is 5.69 Å². The summed E-state index contributed by atoms with van der Waals surface area (Å²) in [5, 5.41) is 0. The smallest absolute Gasteiger partial charge is 0.284 e. The molecule has 0 radical (unpaired) electrons. The number of fused-ring (bicyclic) bond motifs is 1. The van der Waals surface area contributed by atoms with Gasteiger partial charge in [0, 0.05) is 6.20 Å². The Morgan fingerprint density at radius 3 is 2.45 bits per heavy atom. The van der Waals surface area contributed by atoms with Crippen molar-refractivity contribution in [2.45, 2.75) is 6.42 Å². The molecule has 0 unspecified atom stereocenters. The number of imide groups is 1. The molecule has 0 spiro atoms. The third-order valence-corrected chi connectivity index (χ3v) is 3.27. The monoisotopic (exact) mass is 267 g/mol. The number of carbonyl (C=O) groups excluding carboxylic acids is 2. The van der Waals surface area contributed by atoms with Gasteiger partial charge in [-0.2, -0.15) is 0 Å². The lowest BCUT2D eigenvalue weighted by molar-refractivity contribution is 0.0924. The van der Waals surface area contributed by atoms with Crippen molar-refractivity contribution in [3.05, 3.63) is 59.4 Å². The maximum Gasteiger partial charge on any atom is 0.284 e. The number of carbonyl (C=O) groups is 2. The second-order valence-electron chi connectivity index (χ2n) is 4.55. The summed E-state index contributed by atoms with van der Waals surface area (Å²) in [6.07, 6.45) is 2.28. The summed E-state index contributed by atoms with van der Waals surface area (Å²) < 4.78 is 0. The van der Waals surface area contributed by atoms with E-state index in [-0.39, 0.29) is 17.5 Å². The number of rotatable bonds is 3. The maximum atomic E-state index is 12.3. The molecule has 0 saturated carbocycles. The molecule has 20 heavy (non-hydrogen) atoms. The first-order valence-corrected chi connectivity index (χ1v) is 6.35. The molecular weight excluding hydrogens is 254 g/mol. The second kappa shape index (κ2) is 4.86. The standard InChI is InChI=1S/C15H13N3O2/c16-8-7-10-3-5-11(6-4-10)18-14(19)12-2-1-9-17-13(12)15(18)20/h1-6,9H,7-8,16H2. The van der Waals surface area contributed by atoms with Crippen LogP contribution in [0, 0.1) is 0 Å². The summed E-state index contributed by atoms with van der Waals surface area (Å²) in [4.78, 5) is 29.6. The number of nitrogens with zero attached hydrogens (tertiary/aromatic N) is 2. The van der Waals surface area contributed by atoms with Gasteiger partial charge in [0.15, 0.2) is 0 Å². The zero-order valence-electron chi connectivity index (χ0n) is 10.7. The van der Waals surface area contributed by atoms with E-state index < -0.39 is 0 Å². The minimum Gasteiger partial charge on any atom is -0.330 e. The zero-order chi connectivity index (χ0) is 14.1. The summed E-state index contributed by atoms with van der Waals surface area (Å²) in [6, 6.07) is 10.5. The van der Waals surface area contributed by atoms with Crippen molar-refractivity contribution in [2.24, 2.45) is 5.73 Å². The van der Waals surface area contributed by atoms with Crippen molar-refractivity contribution in [3.63, 3.8) is 0 Å². The van der Waals surface area contributed by atoms with Gasteiger partial charge in [0.05, 0.1) is 11.3 Å². The van der Waals surface area contributed by atoms with Crippen LogP contribution >= 0.6 is 0 Å². The fourth-order valence-corrected chi connectivity index (χ4v) is 2.28. The van der Waals surface area contributed by atoms with Gasteiger partial charge >= 0.3 is 0 Å². The molecule has 2 amide bonds. The summed E-state index contributed by atoms with van der Waals surface area (Å²) in [6.45, 7) is 0.566. The molecular formula is C15H13N3O2. The van der Waals surface area contributed by atoms with Crippen molar-refractivity contribution in [2.75, 3.05) is 11.4 Å². The molecule has 1 aliphatic rings. The van der Waals surface area contributed by atoms with Crippen LogP contribution in [-0.2, 0) is 6.42 Å². The van der Waals surface area contributed by atoms with E-state index in [1.807, 2.05) is 12.1 Å². The third-order valence-electron chi connectivity index (χ3n) is 3.27. The first-order chi connectivity index (χ1) is 9.72. The lowest BCUT2D eigenvalue weighted by Crippen LogP contribution is -2.29. The van der Waals surface area contributed by atoms with Gasteiger partial charge in [-0.15, -0.1) is 0 Å². The number of hydrogen-bond donors (Lipinski definition) is 1. The fraction of sp³-hybridized carbons (Fsp3) is 0.133. The molecule has 0 aliphatic carbocycles. The predicted octanol–water partition coefficient (Wildman–Crippen LogP) is 1.38. The highest BCUT2D eigenvalue weighted by molar-refractivity contribution is 6.33. The van der Waals surface area contributed by atoms with Crippen LogP contribution in [-0.4, -0.2) is 23.3 Å². The van der Waals surface area contributed by atoms with Crippen LogP contribution in [0.15, 0.2) is 42.6 Å². The molecule has 3 rings (SSSR count). The number of aromatic nitrogens is 1. The van der Waals surface area contributed by atoms with Crippen molar-refractivity contribution in [3.8, 4) is 0 Å². The molecule has 2 N–H and O–H groups in total. The maximum absolute atomic E-state index is 12.3. The Kier molecular flexibility index (Phi) is 3.04. The van der Waals surface area contributed by atoms with Crippen molar-refractivity contribution < 1.29 is 9.59 Å². The van der Waals surface area contributed by atoms with E-state index in [4.69, 9.17) is 5.73 Å². The average molecular weight is 267 g/mol. The summed E-state index contributed by atoms with van der Waals surface area (Å²) >= 11 is 0. The number of amides is 2. The van der Waals surface area contributed by atoms with Gasteiger partial charge in [-0.1, -0.05) is 12.1 Å². The highest BCUT2D eigenvalue weighted by atomic mass is 16.2. The van der Waals surface area contributed by atoms with Gasteiger partial charge in [0.25, 0.3) is 11.8 Å². The highest BCUT2D eigenvalue weighted by Gasteiger charge is 2.37. The highest BCUT2D eigenvalue weighted by Crippen LogP contribution is 2.27. The van der Waals surface area contributed by atoms with Crippen LogP contribution in [0.25, 0.3) is 0 Å². The summed E-state index contributed by atoms with van der Waals surface area (Å²) in [5.74, 6) is -0.707. The van der Waals surface area contributed by atoms with E-state index in [0.717, 1.165) is 16.9 Å². The molecule has 5 heteroatoms. The van der Waals surface area contributed by atoms with Crippen LogP contribution in [0.2, 0.25) is 0 Å². The fourth-order valence-electron chi connectivity index (χ4n) is 2.28. The van der Waals surface area contributed by atoms with Crippen LogP contribution in [0.3, 0.4) is 0 Å². The zero-order valence-corrected chi connectivity index (χ0v) is 10.7. The molecule has 1 aromatic carbocycles. The predicted molar refractivity (Wildman–Crippen MR) is 74.6 cm³/mol. The molecule has 0 bridgehead atoms. The second-order valence-corrected chi connectivity index (χ2v) is 4.55. The quantitative estimate of drug-likeness (QED) is 0.852. The normalized spacial score (nSPS) is 13.8. The van der Waals surface area contributed by atoms with E-state index in [2.05, 4.69) is 4.98 Å². The molecule has 100 valence electrons. The Hall–Kier alpha value is -2.53.